The van der Waals surface area contributed by atoms with Crippen molar-refractivity contribution in [3.05, 3.63) is 21.9 Å². The molecule has 0 aromatic carbocycles. The summed E-state index contributed by atoms with van der Waals surface area (Å²) in [5, 5.41) is 8.63. The number of ether oxygens (including phenoxy) is 1. The number of aliphatic hydroxyl groups excluding tert-OH is 1. The van der Waals surface area contributed by atoms with Gasteiger partial charge in [0, 0.05) is 13.1 Å². The molecule has 2 rings (SSSR count). The molecule has 1 aromatic rings. The molecule has 1 N–H and O–H groups in total. The number of nitrogens with zero attached hydrogens (tertiary/aromatic N) is 1. The van der Waals surface area contributed by atoms with Crippen LogP contribution in [0.4, 0.5) is 0 Å². The smallest absolute Gasteiger partial charge is 0.310 e. The van der Waals surface area contributed by atoms with E-state index in [4.69, 9.17) is 9.84 Å². The molecule has 0 saturated carbocycles. The van der Waals surface area contributed by atoms with Crippen molar-refractivity contribution >= 4 is 23.2 Å². The lowest BCUT2D eigenvalue weighted by Crippen LogP contribution is -2.29. The van der Waals surface area contributed by atoms with Gasteiger partial charge in [-0.05, 0) is 18.6 Å². The third kappa shape index (κ3) is 3.18. The van der Waals surface area contributed by atoms with E-state index in [2.05, 4.69) is 11.8 Å². The molecule has 5 nitrogen and oxygen atoms in total. The molecule has 1 atom stereocenters. The molecule has 0 bridgehead atoms. The maximum Gasteiger partial charge on any atom is 0.310 e. The van der Waals surface area contributed by atoms with Gasteiger partial charge in [-0.15, -0.1) is 11.3 Å². The Morgan fingerprint density at radius 2 is 2.35 bits per heavy atom. The number of likely N-dealkylation sites (tertiary alicyclic amines) is 1. The van der Waals surface area contributed by atoms with E-state index in [1.54, 1.807) is 17.0 Å². The Morgan fingerprint density at radius 1 is 1.55 bits per heavy atom. The Morgan fingerprint density at radius 3 is 3.05 bits per heavy atom. The third-order valence-corrected chi connectivity index (χ3v) is 4.11. The average molecular weight is 293 g/mol. The summed E-state index contributed by atoms with van der Waals surface area (Å²) in [7, 11) is 1.36. The van der Waals surface area contributed by atoms with Gasteiger partial charge >= 0.3 is 5.97 Å². The summed E-state index contributed by atoms with van der Waals surface area (Å²) in [6, 6.07) is 3.48. The number of thiophene rings is 1. The number of hydrogen-bond donors (Lipinski definition) is 1. The van der Waals surface area contributed by atoms with Crippen LogP contribution in [0.25, 0.3) is 0 Å². The highest BCUT2D eigenvalue weighted by atomic mass is 32.1. The fourth-order valence-corrected chi connectivity index (χ4v) is 2.95. The average Bonchev–Trinajstić information content (AvgIpc) is 3.12. The molecule has 0 spiro atoms. The summed E-state index contributed by atoms with van der Waals surface area (Å²) in [5.41, 5.74) is 0. The van der Waals surface area contributed by atoms with Gasteiger partial charge in [0.25, 0.3) is 5.91 Å². The molecule has 2 heterocycles. The predicted molar refractivity (Wildman–Crippen MR) is 74.3 cm³/mol. The lowest BCUT2D eigenvalue weighted by atomic mass is 10.1. The van der Waals surface area contributed by atoms with Gasteiger partial charge < -0.3 is 14.7 Å². The molecule has 1 aromatic heterocycles. The summed E-state index contributed by atoms with van der Waals surface area (Å²) in [6.07, 6.45) is 0.640. The third-order valence-electron chi connectivity index (χ3n) is 3.12. The molecule has 20 heavy (non-hydrogen) atoms. The Hall–Kier alpha value is -1.84. The zero-order valence-electron chi connectivity index (χ0n) is 11.1. The van der Waals surface area contributed by atoms with Gasteiger partial charge in [0.15, 0.2) is 0 Å². The Balaban J connectivity index is 2.02. The first kappa shape index (κ1) is 14.6. The van der Waals surface area contributed by atoms with E-state index in [0.717, 1.165) is 4.88 Å². The van der Waals surface area contributed by atoms with Crippen LogP contribution in [0.15, 0.2) is 12.1 Å². The first-order chi connectivity index (χ1) is 9.65. The number of carbonyl (C=O) groups is 2. The molecule has 1 unspecified atom stereocenters. The Kier molecular flexibility index (Phi) is 4.77. The zero-order valence-corrected chi connectivity index (χ0v) is 11.9. The molecule has 1 saturated heterocycles. The first-order valence-corrected chi connectivity index (χ1v) is 7.04. The van der Waals surface area contributed by atoms with Crippen LogP contribution < -0.4 is 0 Å². The normalized spacial score (nSPS) is 17.5. The molecule has 1 aliphatic rings. The van der Waals surface area contributed by atoms with Gasteiger partial charge in [-0.3, -0.25) is 9.59 Å². The molecular formula is C14H15NO4S. The van der Waals surface area contributed by atoms with Crippen molar-refractivity contribution in [3.63, 3.8) is 0 Å². The van der Waals surface area contributed by atoms with Gasteiger partial charge in [-0.1, -0.05) is 11.8 Å². The van der Waals surface area contributed by atoms with Crippen molar-refractivity contribution in [3.8, 4) is 11.8 Å². The molecule has 1 fully saturated rings. The van der Waals surface area contributed by atoms with Crippen LogP contribution in [0.2, 0.25) is 0 Å². The molecule has 0 radical (unpaired) electrons. The van der Waals surface area contributed by atoms with E-state index < -0.39 is 0 Å². The van der Waals surface area contributed by atoms with E-state index in [-0.39, 0.29) is 24.4 Å². The number of amides is 1. The molecule has 1 amide bonds. The van der Waals surface area contributed by atoms with Crippen molar-refractivity contribution < 1.29 is 19.4 Å². The standard InChI is InChI=1S/C14H15NO4S/c1-19-14(18)10-6-7-15(9-10)13(17)12-5-4-11(20-12)3-2-8-16/h4-5,10,16H,6-9H2,1H3. The SMILES string of the molecule is COC(=O)C1CCN(C(=O)c2ccc(C#CCO)s2)C1. The molecule has 1 aliphatic heterocycles. The van der Waals surface area contributed by atoms with Crippen LogP contribution >= 0.6 is 11.3 Å². The lowest BCUT2D eigenvalue weighted by Gasteiger charge is -2.14. The minimum Gasteiger partial charge on any atom is -0.469 e. The van der Waals surface area contributed by atoms with Crippen molar-refractivity contribution in [2.24, 2.45) is 5.92 Å². The molecule has 6 heteroatoms. The van der Waals surface area contributed by atoms with E-state index >= 15 is 0 Å². The number of rotatable bonds is 2. The largest absolute Gasteiger partial charge is 0.469 e. The number of aliphatic hydroxyl groups is 1. The number of methoxy groups -OCH3 is 1. The highest BCUT2D eigenvalue weighted by Crippen LogP contribution is 2.23. The highest BCUT2D eigenvalue weighted by Gasteiger charge is 2.32. The second-order valence-electron chi connectivity index (χ2n) is 4.38. The van der Waals surface area contributed by atoms with E-state index in [1.165, 1.54) is 18.4 Å². The van der Waals surface area contributed by atoms with Gasteiger partial charge in [-0.2, -0.15) is 0 Å². The molecular weight excluding hydrogens is 278 g/mol. The van der Waals surface area contributed by atoms with Crippen LogP contribution in [0.1, 0.15) is 21.0 Å². The van der Waals surface area contributed by atoms with Gasteiger partial charge in [0.2, 0.25) is 0 Å². The monoisotopic (exact) mass is 293 g/mol. The maximum absolute atomic E-state index is 12.3. The van der Waals surface area contributed by atoms with Crippen molar-refractivity contribution in [1.29, 1.82) is 0 Å². The minimum atomic E-state index is -0.263. The minimum absolute atomic E-state index is 0.0848. The summed E-state index contributed by atoms with van der Waals surface area (Å²) in [5.74, 6) is 4.74. The molecule has 106 valence electrons. The zero-order chi connectivity index (χ0) is 14.5. The van der Waals surface area contributed by atoms with Crippen molar-refractivity contribution in [1.82, 2.24) is 4.90 Å². The second kappa shape index (κ2) is 6.55. The predicted octanol–water partition coefficient (Wildman–Crippen LogP) is 0.727. The Labute approximate surface area is 121 Å². The fourth-order valence-electron chi connectivity index (χ4n) is 2.11. The summed E-state index contributed by atoms with van der Waals surface area (Å²) < 4.78 is 4.70. The van der Waals surface area contributed by atoms with Crippen LogP contribution in [-0.4, -0.2) is 48.7 Å². The highest BCUT2D eigenvalue weighted by molar-refractivity contribution is 7.14. The topological polar surface area (TPSA) is 66.8 Å². The summed E-state index contributed by atoms with van der Waals surface area (Å²) in [4.78, 5) is 26.7. The second-order valence-corrected chi connectivity index (χ2v) is 5.47. The van der Waals surface area contributed by atoms with Crippen molar-refractivity contribution in [2.75, 3.05) is 26.8 Å². The van der Waals surface area contributed by atoms with Gasteiger partial charge in [0.05, 0.1) is 22.8 Å². The number of carbonyl (C=O) groups excluding carboxylic acids is 2. The molecule has 0 aliphatic carbocycles. The number of esters is 1. The maximum atomic E-state index is 12.3. The van der Waals surface area contributed by atoms with Crippen LogP contribution in [0.5, 0.6) is 0 Å². The van der Waals surface area contributed by atoms with Gasteiger partial charge in [-0.25, -0.2) is 0 Å². The van der Waals surface area contributed by atoms with Crippen LogP contribution in [0, 0.1) is 17.8 Å². The Bertz CT molecular complexity index is 569. The van der Waals surface area contributed by atoms with E-state index in [1.807, 2.05) is 0 Å². The quantitative estimate of drug-likeness (QED) is 0.645. The first-order valence-electron chi connectivity index (χ1n) is 6.22. The van der Waals surface area contributed by atoms with Crippen LogP contribution in [0.3, 0.4) is 0 Å². The lowest BCUT2D eigenvalue weighted by molar-refractivity contribution is -0.144. The van der Waals surface area contributed by atoms with Crippen molar-refractivity contribution in [2.45, 2.75) is 6.42 Å². The van der Waals surface area contributed by atoms with Gasteiger partial charge in [0.1, 0.15) is 6.61 Å². The number of hydrogen-bond acceptors (Lipinski definition) is 5. The van der Waals surface area contributed by atoms with E-state index in [9.17, 15) is 9.59 Å². The van der Waals surface area contributed by atoms with E-state index in [0.29, 0.717) is 24.4 Å². The van der Waals surface area contributed by atoms with Crippen LogP contribution in [-0.2, 0) is 9.53 Å². The fraction of sp³-hybridized carbons (Fsp3) is 0.429. The summed E-state index contributed by atoms with van der Waals surface area (Å²) >= 11 is 1.29. The summed E-state index contributed by atoms with van der Waals surface area (Å²) in [6.45, 7) is 0.767.